The smallest absolute Gasteiger partial charge is 0.142 e. The van der Waals surface area contributed by atoms with Gasteiger partial charge in [-0.2, -0.15) is 12.6 Å². The molecule has 0 aromatic heterocycles. The van der Waals surface area contributed by atoms with E-state index in [9.17, 15) is 9.59 Å². The van der Waals surface area contributed by atoms with Crippen LogP contribution in [0.5, 0.6) is 0 Å². The van der Waals surface area contributed by atoms with Crippen LogP contribution in [0.4, 0.5) is 0 Å². The molecule has 0 aromatic rings. The van der Waals surface area contributed by atoms with Gasteiger partial charge < -0.3 is 10.9 Å². The molecule has 180 valence electrons. The maximum atomic E-state index is 10.1. The Kier molecular flexibility index (Phi) is 32.3. The van der Waals surface area contributed by atoms with Crippen LogP contribution >= 0.6 is 24.4 Å². The van der Waals surface area contributed by atoms with Crippen LogP contribution in [-0.4, -0.2) is 32.6 Å². The Bertz CT molecular complexity index is 750. The molecule has 3 atom stereocenters. The number of aliphatic imine (C=N–C) groups is 1. The van der Waals surface area contributed by atoms with Gasteiger partial charge in [0.15, 0.2) is 0 Å². The van der Waals surface area contributed by atoms with Gasteiger partial charge in [0.05, 0.1) is 5.25 Å². The number of carbonyl (C=O) groups excluding carboxylic acids is 2. The largest absolute Gasteiger partial charge is 0.344 e. The zero-order valence-corrected chi connectivity index (χ0v) is 26.9. The topological polar surface area (TPSA) is 81.5 Å². The summed E-state index contributed by atoms with van der Waals surface area (Å²) < 4.78 is 0. The van der Waals surface area contributed by atoms with Crippen molar-refractivity contribution in [2.24, 2.45) is 4.99 Å². The number of Topliss-reactive ketones (excluding diaryl/α,β-unsaturated/α-hetero) is 2. The van der Waals surface area contributed by atoms with Crippen LogP contribution in [0, 0.1) is 0 Å². The first kappa shape index (κ1) is 38.7. The van der Waals surface area contributed by atoms with Crippen molar-refractivity contribution in [3.8, 4) is 0 Å². The molecular formula is C16H34N2O2S10. The molecule has 0 saturated heterocycles. The third-order valence-electron chi connectivity index (χ3n) is 3.31. The fraction of sp³-hybridized carbons (Fsp3) is 0.812. The number of rotatable bonds is 3. The van der Waals surface area contributed by atoms with Crippen LogP contribution in [0.15, 0.2) is 4.99 Å². The first-order chi connectivity index (χ1) is 13.4. The minimum Gasteiger partial charge on any atom is -0.344 e. The van der Waals surface area contributed by atoms with E-state index >= 15 is 0 Å². The Morgan fingerprint density at radius 2 is 1.53 bits per heavy atom. The van der Waals surface area contributed by atoms with Gasteiger partial charge in [-0.25, -0.2) is 0 Å². The quantitative estimate of drug-likeness (QED) is 0.452. The van der Waals surface area contributed by atoms with E-state index in [0.29, 0.717) is 11.7 Å². The monoisotopic (exact) mass is 606 g/mol. The Morgan fingerprint density at radius 1 is 1.17 bits per heavy atom. The van der Waals surface area contributed by atoms with Crippen molar-refractivity contribution >= 4 is 117 Å². The number of hydrogen-bond donors (Lipinski definition) is 2. The molecule has 1 aliphatic heterocycles. The van der Waals surface area contributed by atoms with Crippen LogP contribution in [0.1, 0.15) is 68.2 Å². The molecular weight excluding hydrogens is 573 g/mol. The van der Waals surface area contributed by atoms with Crippen molar-refractivity contribution in [1.29, 1.82) is 0 Å². The lowest BCUT2D eigenvalue weighted by molar-refractivity contribution is -0.117. The van der Waals surface area contributed by atoms with Gasteiger partial charge in [0.2, 0.25) is 0 Å². The molecule has 0 bridgehead atoms. The van der Waals surface area contributed by atoms with Gasteiger partial charge in [-0.15, -0.1) is 11.8 Å². The van der Waals surface area contributed by atoms with Crippen molar-refractivity contribution in [1.82, 2.24) is 6.15 Å². The van der Waals surface area contributed by atoms with Crippen molar-refractivity contribution in [2.45, 2.75) is 83.6 Å². The summed E-state index contributed by atoms with van der Waals surface area (Å²) in [6.07, 6.45) is 1.80. The number of hydrogen-bond acceptors (Lipinski definition) is 8. The van der Waals surface area contributed by atoms with Crippen molar-refractivity contribution in [3.05, 3.63) is 0 Å². The zero-order valence-electron chi connectivity index (χ0n) is 18.7. The Balaban J connectivity index is -0.000000154. The number of thiol groups is 1. The fourth-order valence-electron chi connectivity index (χ4n) is 1.16. The van der Waals surface area contributed by atoms with Gasteiger partial charge in [-0.3, -0.25) is 9.79 Å². The highest BCUT2D eigenvalue weighted by molar-refractivity contribution is 8.70. The van der Waals surface area contributed by atoms with Gasteiger partial charge in [-0.05, 0) is 48.0 Å². The lowest BCUT2D eigenvalue weighted by Gasteiger charge is -2.17. The van der Waals surface area contributed by atoms with E-state index in [1.807, 2.05) is 18.7 Å². The molecule has 0 saturated carbocycles. The van der Waals surface area contributed by atoms with Crippen molar-refractivity contribution in [3.63, 3.8) is 0 Å². The minimum atomic E-state index is -0.0926. The Morgan fingerprint density at radius 3 is 1.67 bits per heavy atom. The predicted octanol–water partition coefficient (Wildman–Crippen LogP) is 4.73. The first-order valence-electron chi connectivity index (χ1n) is 8.57. The lowest BCUT2D eigenvalue weighted by atomic mass is 10.2. The molecule has 0 fully saturated rings. The summed E-state index contributed by atoms with van der Waals surface area (Å²) in [4.78, 5) is 24.7. The molecule has 14 heteroatoms. The molecule has 0 spiro atoms. The summed E-state index contributed by atoms with van der Waals surface area (Å²) in [6.45, 7) is 15.5. The van der Waals surface area contributed by atoms with Crippen LogP contribution in [0.2, 0.25) is 0 Å². The minimum absolute atomic E-state index is 0. The molecule has 0 radical (unpaired) electrons. The van der Waals surface area contributed by atoms with Crippen LogP contribution < -0.4 is 6.15 Å². The normalized spacial score (nSPS) is 19.1. The molecule has 3 unspecified atom stereocenters. The van der Waals surface area contributed by atoms with E-state index in [1.165, 1.54) is 30.4 Å². The van der Waals surface area contributed by atoms with Gasteiger partial charge in [0.25, 0.3) is 0 Å². The summed E-state index contributed by atoms with van der Waals surface area (Å²) in [5.74, 6) is 0.378. The maximum absolute atomic E-state index is 10.1. The predicted molar refractivity (Wildman–Crippen MR) is 163 cm³/mol. The third kappa shape index (κ3) is 27.5. The molecule has 0 amide bonds. The SMILES string of the molecule is CC(=O)C(C)S.CCC(C)=O.CCC1(C)N=C(C)C(C)S1.N.S=S=S=S=S=S=S=S. The summed E-state index contributed by atoms with van der Waals surface area (Å²) >= 11 is 15.0. The highest BCUT2D eigenvalue weighted by Gasteiger charge is 2.31. The number of thioether (sulfide) groups is 1. The van der Waals surface area contributed by atoms with Crippen LogP contribution in [0.3, 0.4) is 0 Å². The zero-order chi connectivity index (χ0) is 23.5. The van der Waals surface area contributed by atoms with Gasteiger partial charge in [-0.1, -0.05) is 13.8 Å². The molecule has 0 aromatic carbocycles. The van der Waals surface area contributed by atoms with Gasteiger partial charge in [0, 0.05) is 93.0 Å². The molecule has 30 heavy (non-hydrogen) atoms. The van der Waals surface area contributed by atoms with Crippen LogP contribution in [0.25, 0.3) is 0 Å². The fourth-order valence-corrected chi connectivity index (χ4v) is 13.5. The van der Waals surface area contributed by atoms with E-state index in [4.69, 9.17) is 0 Å². The highest BCUT2D eigenvalue weighted by atomic mass is 33.4. The van der Waals surface area contributed by atoms with E-state index in [-0.39, 0.29) is 27.8 Å². The second kappa shape index (κ2) is 25.1. The summed E-state index contributed by atoms with van der Waals surface area (Å²) in [6, 6.07) is 0. The van der Waals surface area contributed by atoms with Crippen LogP contribution in [-0.2, 0) is 85.2 Å². The summed E-state index contributed by atoms with van der Waals surface area (Å²) in [5.41, 5.74) is 1.30. The Labute approximate surface area is 219 Å². The average molecular weight is 607 g/mol. The van der Waals surface area contributed by atoms with E-state index in [2.05, 4.69) is 67.7 Å². The maximum Gasteiger partial charge on any atom is 0.142 e. The molecule has 1 rings (SSSR count). The lowest BCUT2D eigenvalue weighted by Crippen LogP contribution is -2.11. The van der Waals surface area contributed by atoms with Crippen molar-refractivity contribution in [2.75, 3.05) is 0 Å². The average Bonchev–Trinajstić information content (AvgIpc) is 2.93. The van der Waals surface area contributed by atoms with E-state index < -0.39 is 0 Å². The molecule has 1 heterocycles. The first-order valence-corrected chi connectivity index (χ1v) is 19.3. The molecule has 3 N–H and O–H groups in total. The number of ketones is 2. The Hall–Kier alpha value is 1.43. The molecule has 4 nitrogen and oxygen atoms in total. The summed E-state index contributed by atoms with van der Waals surface area (Å²) in [7, 11) is 9.12. The van der Waals surface area contributed by atoms with E-state index in [0.717, 1.165) is 6.42 Å². The highest BCUT2D eigenvalue weighted by Crippen LogP contribution is 2.39. The molecule has 1 aliphatic rings. The molecule has 0 aliphatic carbocycles. The van der Waals surface area contributed by atoms with Gasteiger partial charge in [0.1, 0.15) is 16.4 Å². The van der Waals surface area contributed by atoms with Gasteiger partial charge >= 0.3 is 0 Å². The number of carbonyl (C=O) groups is 2. The third-order valence-corrected chi connectivity index (χ3v) is 16.4. The second-order valence-electron chi connectivity index (χ2n) is 5.79. The van der Waals surface area contributed by atoms with Crippen molar-refractivity contribution < 1.29 is 9.59 Å². The van der Waals surface area contributed by atoms with E-state index in [1.54, 1.807) is 49.4 Å². The summed E-state index contributed by atoms with van der Waals surface area (Å²) in [5, 5.41) is 0.537. The second-order valence-corrected chi connectivity index (χ2v) is 19.0. The number of nitrogens with zero attached hydrogens (tertiary/aromatic N) is 1. The standard InChI is InChI=1S/C8H15NS.C4H8OS.C4H8O.H3N.S8/c1-5-8(4)9-6(2)7(3)10-8;1-3(5)4(2)6;1-3-4(2)5;;1-3-5-7-8-6-4-2/h7H,5H2,1-4H3;4,6H,1-2H3;3H2,1-2H3;1H3;.